The van der Waals surface area contributed by atoms with Crippen LogP contribution >= 0.6 is 0 Å². The molecule has 3 unspecified atom stereocenters. The maximum atomic E-state index is 12.8. The van der Waals surface area contributed by atoms with E-state index in [0.29, 0.717) is 0 Å². The van der Waals surface area contributed by atoms with Crippen molar-refractivity contribution in [2.75, 3.05) is 19.2 Å². The van der Waals surface area contributed by atoms with E-state index in [1.54, 1.807) is 19.2 Å². The molecule has 0 spiro atoms. The molecule has 1 amide bonds. The number of nitrogens with one attached hydrogen (secondary N) is 2. The molecule has 0 saturated carbocycles. The molecule has 2 saturated heterocycles. The van der Waals surface area contributed by atoms with E-state index >= 15 is 0 Å². The average molecular weight is 353 g/mol. The normalized spacial score (nSPS) is 25.1. The van der Waals surface area contributed by atoms with Gasteiger partial charge in [-0.3, -0.25) is 10.1 Å². The van der Waals surface area contributed by atoms with E-state index in [4.69, 9.17) is 9.47 Å². The number of piperidine rings is 1. The summed E-state index contributed by atoms with van der Waals surface area (Å²) in [5.74, 6) is 1.62. The van der Waals surface area contributed by atoms with Gasteiger partial charge in [0.25, 0.3) is 0 Å². The number of carbonyl (C=O) groups is 1. The Morgan fingerprint density at radius 1 is 1.04 bits per heavy atom. The predicted octanol–water partition coefficient (Wildman–Crippen LogP) is 2.62. The van der Waals surface area contributed by atoms with Crippen LogP contribution in [-0.4, -0.2) is 26.3 Å². The number of benzene rings is 2. The third-order valence-electron chi connectivity index (χ3n) is 5.19. The fraction of sp³-hybridized carbons (Fsp3) is 0.350. The van der Waals surface area contributed by atoms with E-state index in [0.717, 1.165) is 35.6 Å². The first-order valence-electron chi connectivity index (χ1n) is 8.84. The van der Waals surface area contributed by atoms with Gasteiger partial charge in [0, 0.05) is 17.7 Å². The van der Waals surface area contributed by atoms with Gasteiger partial charge in [0.15, 0.2) is 0 Å². The molecule has 2 aromatic carbocycles. The number of hydrogen-bond donors (Lipinski definition) is 2. The van der Waals surface area contributed by atoms with Crippen LogP contribution in [0.5, 0.6) is 11.5 Å². The first-order valence-corrected chi connectivity index (χ1v) is 8.84. The summed E-state index contributed by atoms with van der Waals surface area (Å²) in [5, 5.41) is 5.24. The Labute approximate surface area is 153 Å². The van der Waals surface area contributed by atoms with Gasteiger partial charge < -0.3 is 9.47 Å². The maximum Gasteiger partial charge on any atom is 0.247 e. The SMILES string of the molecule is COc1ccc(C2CCC3C(=O)N(c4ccccc4)NC3N2)c(OC)c1. The van der Waals surface area contributed by atoms with Gasteiger partial charge in [-0.05, 0) is 31.0 Å². The Balaban J connectivity index is 1.54. The molecule has 136 valence electrons. The summed E-state index contributed by atoms with van der Waals surface area (Å²) in [5.41, 5.74) is 5.28. The minimum absolute atomic E-state index is 0.0595. The molecule has 0 bridgehead atoms. The molecule has 6 heteroatoms. The lowest BCUT2D eigenvalue weighted by molar-refractivity contribution is -0.121. The smallest absolute Gasteiger partial charge is 0.247 e. The zero-order valence-electron chi connectivity index (χ0n) is 14.9. The second-order valence-corrected chi connectivity index (χ2v) is 6.63. The monoisotopic (exact) mass is 353 g/mol. The van der Waals surface area contributed by atoms with Gasteiger partial charge in [0.1, 0.15) is 11.5 Å². The van der Waals surface area contributed by atoms with Crippen molar-refractivity contribution in [3.63, 3.8) is 0 Å². The highest BCUT2D eigenvalue weighted by Gasteiger charge is 2.44. The first kappa shape index (κ1) is 16.9. The Morgan fingerprint density at radius 3 is 2.58 bits per heavy atom. The number of rotatable bonds is 4. The van der Waals surface area contributed by atoms with Gasteiger partial charge in [-0.2, -0.15) is 0 Å². The summed E-state index contributed by atoms with van der Waals surface area (Å²) in [6.45, 7) is 0. The molecule has 2 aliphatic rings. The van der Waals surface area contributed by atoms with Crippen molar-refractivity contribution in [2.45, 2.75) is 25.0 Å². The van der Waals surface area contributed by atoms with Gasteiger partial charge in [-0.1, -0.05) is 24.3 Å². The third-order valence-corrected chi connectivity index (χ3v) is 5.19. The van der Waals surface area contributed by atoms with Gasteiger partial charge >= 0.3 is 0 Å². The Hall–Kier alpha value is -2.57. The summed E-state index contributed by atoms with van der Waals surface area (Å²) in [4.78, 5) is 12.8. The van der Waals surface area contributed by atoms with E-state index in [1.165, 1.54) is 0 Å². The van der Waals surface area contributed by atoms with E-state index < -0.39 is 0 Å². The number of hydrazine groups is 1. The summed E-state index contributed by atoms with van der Waals surface area (Å²) < 4.78 is 10.8. The van der Waals surface area contributed by atoms with E-state index in [9.17, 15) is 4.79 Å². The van der Waals surface area contributed by atoms with E-state index in [2.05, 4.69) is 10.7 Å². The lowest BCUT2D eigenvalue weighted by Gasteiger charge is -2.32. The number of ether oxygens (including phenoxy) is 2. The quantitative estimate of drug-likeness (QED) is 0.885. The second-order valence-electron chi connectivity index (χ2n) is 6.63. The molecule has 0 aliphatic carbocycles. The molecule has 4 rings (SSSR count). The lowest BCUT2D eigenvalue weighted by atomic mass is 9.88. The van der Waals surface area contributed by atoms with Crippen LogP contribution in [-0.2, 0) is 4.79 Å². The molecule has 0 radical (unpaired) electrons. The first-order chi connectivity index (χ1) is 12.7. The van der Waals surface area contributed by atoms with Crippen LogP contribution in [0.2, 0.25) is 0 Å². The average Bonchev–Trinajstić information content (AvgIpc) is 3.04. The Kier molecular flexibility index (Phi) is 4.53. The number of fused-ring (bicyclic) bond motifs is 1. The van der Waals surface area contributed by atoms with Gasteiger partial charge in [-0.25, -0.2) is 10.4 Å². The van der Waals surface area contributed by atoms with Gasteiger partial charge in [-0.15, -0.1) is 0 Å². The molecule has 2 aromatic rings. The molecular weight excluding hydrogens is 330 g/mol. The van der Waals surface area contributed by atoms with Crippen LogP contribution in [0.1, 0.15) is 24.4 Å². The number of hydrogen-bond acceptors (Lipinski definition) is 5. The fourth-order valence-corrected chi connectivity index (χ4v) is 3.82. The fourth-order valence-electron chi connectivity index (χ4n) is 3.82. The topological polar surface area (TPSA) is 62.8 Å². The van der Waals surface area contributed by atoms with Crippen molar-refractivity contribution in [3.8, 4) is 11.5 Å². The van der Waals surface area contributed by atoms with Crippen molar-refractivity contribution in [2.24, 2.45) is 5.92 Å². The number of nitrogens with zero attached hydrogens (tertiary/aromatic N) is 1. The molecule has 3 atom stereocenters. The molecule has 2 aliphatic heterocycles. The van der Waals surface area contributed by atoms with Crippen LogP contribution in [0, 0.1) is 5.92 Å². The molecule has 2 heterocycles. The van der Waals surface area contributed by atoms with Gasteiger partial charge in [0.2, 0.25) is 5.91 Å². The Bertz CT molecular complexity index is 796. The highest BCUT2D eigenvalue weighted by atomic mass is 16.5. The number of anilines is 1. The highest BCUT2D eigenvalue weighted by molar-refractivity contribution is 5.96. The molecule has 6 nitrogen and oxygen atoms in total. The summed E-state index contributed by atoms with van der Waals surface area (Å²) in [6.07, 6.45) is 1.61. The van der Waals surface area contributed by atoms with Crippen LogP contribution in [0.4, 0.5) is 5.69 Å². The standard InChI is InChI=1S/C20H23N3O3/c1-25-14-8-9-15(18(12-14)26-2)17-11-10-16-19(21-17)22-23(20(16)24)13-6-4-3-5-7-13/h3-9,12,16-17,19,21-22H,10-11H2,1-2H3. The largest absolute Gasteiger partial charge is 0.497 e. The molecule has 2 N–H and O–H groups in total. The predicted molar refractivity (Wildman–Crippen MR) is 99.0 cm³/mol. The summed E-state index contributed by atoms with van der Waals surface area (Å²) in [7, 11) is 3.31. The second kappa shape index (κ2) is 6.97. The summed E-state index contributed by atoms with van der Waals surface area (Å²) in [6, 6.07) is 15.7. The third kappa shape index (κ3) is 2.91. The van der Waals surface area contributed by atoms with Crippen molar-refractivity contribution in [3.05, 3.63) is 54.1 Å². The number of para-hydroxylation sites is 1. The molecule has 2 fully saturated rings. The minimum atomic E-state index is -0.0896. The Morgan fingerprint density at radius 2 is 1.85 bits per heavy atom. The van der Waals surface area contributed by atoms with E-state index in [-0.39, 0.29) is 24.0 Å². The highest BCUT2D eigenvalue weighted by Crippen LogP contribution is 2.38. The minimum Gasteiger partial charge on any atom is -0.497 e. The molecule has 26 heavy (non-hydrogen) atoms. The maximum absolute atomic E-state index is 12.8. The molecular formula is C20H23N3O3. The van der Waals surface area contributed by atoms with E-state index in [1.807, 2.05) is 48.5 Å². The lowest BCUT2D eigenvalue weighted by Crippen LogP contribution is -2.49. The number of amides is 1. The van der Waals surface area contributed by atoms with Crippen LogP contribution in [0.3, 0.4) is 0 Å². The van der Waals surface area contributed by atoms with Crippen molar-refractivity contribution >= 4 is 11.6 Å². The molecule has 0 aromatic heterocycles. The van der Waals surface area contributed by atoms with Crippen LogP contribution in [0.25, 0.3) is 0 Å². The van der Waals surface area contributed by atoms with Crippen LogP contribution < -0.4 is 25.2 Å². The van der Waals surface area contributed by atoms with Gasteiger partial charge in [0.05, 0.1) is 32.0 Å². The van der Waals surface area contributed by atoms with Crippen molar-refractivity contribution in [1.82, 2.24) is 10.7 Å². The van der Waals surface area contributed by atoms with Crippen LogP contribution in [0.15, 0.2) is 48.5 Å². The number of methoxy groups -OCH3 is 2. The zero-order chi connectivity index (χ0) is 18.1. The zero-order valence-corrected chi connectivity index (χ0v) is 14.9. The van der Waals surface area contributed by atoms with Crippen molar-refractivity contribution < 1.29 is 14.3 Å². The van der Waals surface area contributed by atoms with Crippen molar-refractivity contribution in [1.29, 1.82) is 0 Å². The summed E-state index contributed by atoms with van der Waals surface area (Å²) >= 11 is 0. The number of carbonyl (C=O) groups excluding carboxylic acids is 1.